The molecule has 2 amide bonds. The first-order chi connectivity index (χ1) is 13.2. The summed E-state index contributed by atoms with van der Waals surface area (Å²) in [5.74, 6) is 0.599. The van der Waals surface area contributed by atoms with Gasteiger partial charge in [0.2, 0.25) is 5.88 Å². The van der Waals surface area contributed by atoms with Crippen molar-refractivity contribution in [3.8, 4) is 5.88 Å². The van der Waals surface area contributed by atoms with Crippen molar-refractivity contribution in [3.63, 3.8) is 0 Å². The Morgan fingerprint density at radius 3 is 2.81 bits per heavy atom. The van der Waals surface area contributed by atoms with Crippen molar-refractivity contribution in [3.05, 3.63) is 71.2 Å². The summed E-state index contributed by atoms with van der Waals surface area (Å²) < 4.78 is 5.99. The predicted octanol–water partition coefficient (Wildman–Crippen LogP) is 4.25. The Hall–Kier alpha value is -2.79. The third kappa shape index (κ3) is 4.31. The van der Waals surface area contributed by atoms with E-state index >= 15 is 0 Å². The van der Waals surface area contributed by atoms with Crippen molar-refractivity contribution in [1.82, 2.24) is 15.2 Å². The van der Waals surface area contributed by atoms with Gasteiger partial charge in [-0.25, -0.2) is 9.78 Å². The van der Waals surface area contributed by atoms with Gasteiger partial charge in [-0.2, -0.15) is 0 Å². The highest BCUT2D eigenvalue weighted by atomic mass is 35.5. The average molecular weight is 382 g/mol. The van der Waals surface area contributed by atoms with Crippen molar-refractivity contribution in [1.29, 1.82) is 0 Å². The smallest absolute Gasteiger partial charge is 0.317 e. The number of nitrogens with zero attached hydrogens (tertiary/aromatic N) is 2. The van der Waals surface area contributed by atoms with Crippen LogP contribution in [0.3, 0.4) is 0 Å². The first kappa shape index (κ1) is 17.6. The molecule has 1 aromatic heterocycles. The second kappa shape index (κ2) is 7.84. The van der Waals surface area contributed by atoms with Gasteiger partial charge in [0.15, 0.2) is 0 Å². The quantitative estimate of drug-likeness (QED) is 0.735. The Labute approximate surface area is 162 Å². The van der Waals surface area contributed by atoms with Crippen molar-refractivity contribution in [2.75, 3.05) is 13.1 Å². The number of urea groups is 1. The summed E-state index contributed by atoms with van der Waals surface area (Å²) in [7, 11) is 0. The summed E-state index contributed by atoms with van der Waals surface area (Å²) in [5.41, 5.74) is 1.92. The molecule has 0 unspecified atom stereocenters. The van der Waals surface area contributed by atoms with Gasteiger partial charge in [-0.05, 0) is 29.8 Å². The molecule has 1 N–H and O–H groups in total. The maximum Gasteiger partial charge on any atom is 0.317 e. The number of likely N-dealkylation sites (tertiary alicyclic amines) is 1. The highest BCUT2D eigenvalue weighted by Gasteiger charge is 2.27. The molecule has 0 saturated carbocycles. The lowest BCUT2D eigenvalue weighted by Gasteiger charge is -2.18. The average Bonchev–Trinajstić information content (AvgIpc) is 3.16. The lowest BCUT2D eigenvalue weighted by Crippen LogP contribution is -2.39. The number of amides is 2. The van der Waals surface area contributed by atoms with Crippen LogP contribution < -0.4 is 10.1 Å². The number of carbonyl (C=O) groups is 1. The molecule has 2 heterocycles. The Balaban J connectivity index is 1.31. The monoisotopic (exact) mass is 381 g/mol. The van der Waals surface area contributed by atoms with E-state index in [1.807, 2.05) is 60.7 Å². The van der Waals surface area contributed by atoms with E-state index in [-0.39, 0.29) is 12.1 Å². The number of rotatable bonds is 4. The molecule has 3 aromatic rings. The van der Waals surface area contributed by atoms with Gasteiger partial charge in [-0.15, -0.1) is 0 Å². The minimum absolute atomic E-state index is 0.0417. The van der Waals surface area contributed by atoms with Crippen LogP contribution in [0, 0.1) is 0 Å². The van der Waals surface area contributed by atoms with E-state index in [0.29, 0.717) is 30.5 Å². The molecule has 1 aliphatic rings. The van der Waals surface area contributed by atoms with Gasteiger partial charge in [-0.3, -0.25) is 0 Å². The molecule has 5 nitrogen and oxygen atoms in total. The summed E-state index contributed by atoms with van der Waals surface area (Å²) >= 11 is 5.88. The van der Waals surface area contributed by atoms with Crippen LogP contribution in [0.5, 0.6) is 5.88 Å². The van der Waals surface area contributed by atoms with Gasteiger partial charge in [0.05, 0.1) is 12.1 Å². The number of halogens is 1. The fraction of sp³-hybridized carbons (Fsp3) is 0.238. The fourth-order valence-corrected chi connectivity index (χ4v) is 3.31. The predicted molar refractivity (Wildman–Crippen MR) is 106 cm³/mol. The number of nitrogens with one attached hydrogen (secondary N) is 1. The van der Waals surface area contributed by atoms with E-state index in [1.165, 1.54) is 0 Å². The molecule has 1 atom stereocenters. The topological polar surface area (TPSA) is 54.5 Å². The Morgan fingerprint density at radius 1 is 1.15 bits per heavy atom. The van der Waals surface area contributed by atoms with Crippen LogP contribution in [0.15, 0.2) is 60.7 Å². The molecular formula is C21H20ClN3O2. The molecule has 0 aliphatic carbocycles. The summed E-state index contributed by atoms with van der Waals surface area (Å²) in [5, 5.41) is 4.71. The number of aromatic nitrogens is 1. The van der Waals surface area contributed by atoms with Crippen LogP contribution in [-0.2, 0) is 6.54 Å². The lowest BCUT2D eigenvalue weighted by molar-refractivity contribution is 0.183. The molecular weight excluding hydrogens is 362 g/mol. The molecule has 27 heavy (non-hydrogen) atoms. The molecule has 0 bridgehead atoms. The third-order valence-corrected chi connectivity index (χ3v) is 4.90. The van der Waals surface area contributed by atoms with Gasteiger partial charge in [-0.1, -0.05) is 41.9 Å². The van der Waals surface area contributed by atoms with E-state index in [0.717, 1.165) is 22.9 Å². The molecule has 0 spiro atoms. The highest BCUT2D eigenvalue weighted by Crippen LogP contribution is 2.20. The fourth-order valence-electron chi connectivity index (χ4n) is 3.18. The van der Waals surface area contributed by atoms with Crippen LogP contribution in [0.1, 0.15) is 12.0 Å². The van der Waals surface area contributed by atoms with E-state index in [9.17, 15) is 4.79 Å². The van der Waals surface area contributed by atoms with Gasteiger partial charge in [0.25, 0.3) is 0 Å². The van der Waals surface area contributed by atoms with Crippen molar-refractivity contribution >= 4 is 28.5 Å². The van der Waals surface area contributed by atoms with E-state index in [1.54, 1.807) is 4.90 Å². The Bertz CT molecular complexity index is 946. The van der Waals surface area contributed by atoms with Crippen LogP contribution >= 0.6 is 11.6 Å². The van der Waals surface area contributed by atoms with Crippen molar-refractivity contribution in [2.45, 2.75) is 19.1 Å². The largest absolute Gasteiger partial charge is 0.472 e. The number of hydrogen-bond acceptors (Lipinski definition) is 3. The number of ether oxygens (including phenoxy) is 1. The molecule has 138 valence electrons. The van der Waals surface area contributed by atoms with E-state index in [2.05, 4.69) is 10.3 Å². The minimum Gasteiger partial charge on any atom is -0.472 e. The molecule has 4 rings (SSSR count). The molecule has 1 aliphatic heterocycles. The number of hydrogen-bond donors (Lipinski definition) is 1. The highest BCUT2D eigenvalue weighted by molar-refractivity contribution is 6.30. The number of para-hydroxylation sites is 1. The second-order valence-electron chi connectivity index (χ2n) is 6.60. The summed E-state index contributed by atoms with van der Waals surface area (Å²) in [6.45, 7) is 1.70. The maximum absolute atomic E-state index is 12.4. The molecule has 0 radical (unpaired) electrons. The zero-order valence-electron chi connectivity index (χ0n) is 14.8. The molecule has 1 saturated heterocycles. The molecule has 1 fully saturated rings. The number of benzene rings is 2. The second-order valence-corrected chi connectivity index (χ2v) is 7.04. The van der Waals surface area contributed by atoms with Crippen LogP contribution in [0.25, 0.3) is 10.9 Å². The van der Waals surface area contributed by atoms with Crippen LogP contribution in [0.4, 0.5) is 4.79 Å². The normalized spacial score (nSPS) is 16.5. The van der Waals surface area contributed by atoms with Crippen molar-refractivity contribution in [2.24, 2.45) is 0 Å². The summed E-state index contributed by atoms with van der Waals surface area (Å²) in [6, 6.07) is 19.2. The minimum atomic E-state index is -0.0810. The Morgan fingerprint density at radius 2 is 1.96 bits per heavy atom. The first-order valence-electron chi connectivity index (χ1n) is 8.97. The number of pyridine rings is 1. The lowest BCUT2D eigenvalue weighted by atomic mass is 10.2. The van der Waals surface area contributed by atoms with E-state index < -0.39 is 0 Å². The van der Waals surface area contributed by atoms with Gasteiger partial charge < -0.3 is 15.0 Å². The van der Waals surface area contributed by atoms with Gasteiger partial charge >= 0.3 is 6.03 Å². The van der Waals surface area contributed by atoms with E-state index in [4.69, 9.17) is 16.3 Å². The SMILES string of the molecule is O=C(NCc1ccc(Cl)cc1)N1CC[C@H](Oc2ccc3ccccc3n2)C1. The third-order valence-electron chi connectivity index (χ3n) is 4.65. The van der Waals surface area contributed by atoms with Gasteiger partial charge in [0.1, 0.15) is 6.10 Å². The Kier molecular flexibility index (Phi) is 5.12. The van der Waals surface area contributed by atoms with Crippen LogP contribution in [0.2, 0.25) is 5.02 Å². The summed E-state index contributed by atoms with van der Waals surface area (Å²) in [4.78, 5) is 18.7. The van der Waals surface area contributed by atoms with Gasteiger partial charge in [0, 0.05) is 36.0 Å². The standard InChI is InChI=1S/C21H20ClN3O2/c22-17-8-5-15(6-9-17)13-23-21(26)25-12-11-18(14-25)27-20-10-7-16-3-1-2-4-19(16)24-20/h1-10,18H,11-14H2,(H,23,26)/t18-/m0/s1. The summed E-state index contributed by atoms with van der Waals surface area (Å²) in [6.07, 6.45) is 0.753. The zero-order valence-corrected chi connectivity index (χ0v) is 15.5. The molecule has 2 aromatic carbocycles. The maximum atomic E-state index is 12.4. The first-order valence-corrected chi connectivity index (χ1v) is 9.35. The van der Waals surface area contributed by atoms with Crippen molar-refractivity contribution < 1.29 is 9.53 Å². The zero-order chi connectivity index (χ0) is 18.6. The van der Waals surface area contributed by atoms with Crippen LogP contribution in [-0.4, -0.2) is 35.1 Å². The number of carbonyl (C=O) groups excluding carboxylic acids is 1. The molecule has 6 heteroatoms. The number of fused-ring (bicyclic) bond motifs is 1.